The number of rotatable bonds is 4. The molecule has 1 aliphatic heterocycles. The van der Waals surface area contributed by atoms with Crippen LogP contribution in [0.3, 0.4) is 0 Å². The van der Waals surface area contributed by atoms with Gasteiger partial charge >= 0.3 is 0 Å². The smallest absolute Gasteiger partial charge is 0.257 e. The van der Waals surface area contributed by atoms with Gasteiger partial charge in [-0.15, -0.1) is 0 Å². The SMILES string of the molecule is O=C(Nc1ccccc1)c1ccc(NC2CCNCC2)c2cccnc12. The Labute approximate surface area is 152 Å². The van der Waals surface area contributed by atoms with Gasteiger partial charge in [-0.05, 0) is 62.3 Å². The van der Waals surface area contributed by atoms with Gasteiger partial charge in [-0.3, -0.25) is 9.78 Å². The lowest BCUT2D eigenvalue weighted by atomic mass is 10.0. The predicted molar refractivity (Wildman–Crippen MR) is 106 cm³/mol. The van der Waals surface area contributed by atoms with E-state index in [1.165, 1.54) is 0 Å². The topological polar surface area (TPSA) is 66.1 Å². The lowest BCUT2D eigenvalue weighted by molar-refractivity contribution is 0.102. The number of anilines is 2. The predicted octanol–water partition coefficient (Wildman–Crippen LogP) is 3.65. The van der Waals surface area contributed by atoms with Gasteiger partial charge in [0.05, 0.1) is 11.1 Å². The third-order valence-electron chi connectivity index (χ3n) is 4.74. The van der Waals surface area contributed by atoms with Crippen LogP contribution in [0.5, 0.6) is 0 Å². The van der Waals surface area contributed by atoms with Crippen molar-refractivity contribution in [3.8, 4) is 0 Å². The van der Waals surface area contributed by atoms with Crippen molar-refractivity contribution < 1.29 is 4.79 Å². The second-order valence-corrected chi connectivity index (χ2v) is 6.55. The molecule has 0 saturated carbocycles. The van der Waals surface area contributed by atoms with Gasteiger partial charge in [-0.1, -0.05) is 18.2 Å². The van der Waals surface area contributed by atoms with Gasteiger partial charge in [0.1, 0.15) is 0 Å². The van der Waals surface area contributed by atoms with Crippen molar-refractivity contribution in [1.82, 2.24) is 10.3 Å². The first-order valence-electron chi connectivity index (χ1n) is 9.02. The summed E-state index contributed by atoms with van der Waals surface area (Å²) in [5.41, 5.74) is 3.12. The molecular formula is C21H22N4O. The Morgan fingerprint density at radius 1 is 1.00 bits per heavy atom. The molecule has 0 spiro atoms. The van der Waals surface area contributed by atoms with Crippen molar-refractivity contribution >= 4 is 28.2 Å². The minimum absolute atomic E-state index is 0.145. The molecule has 0 bridgehead atoms. The molecule has 0 atom stereocenters. The molecule has 2 heterocycles. The fourth-order valence-corrected chi connectivity index (χ4v) is 3.39. The van der Waals surface area contributed by atoms with E-state index in [0.717, 1.165) is 48.2 Å². The maximum absolute atomic E-state index is 12.7. The lowest BCUT2D eigenvalue weighted by Gasteiger charge is -2.25. The molecule has 0 aliphatic carbocycles. The number of aromatic nitrogens is 1. The number of pyridine rings is 1. The van der Waals surface area contributed by atoms with E-state index in [1.54, 1.807) is 6.20 Å². The summed E-state index contributed by atoms with van der Waals surface area (Å²) in [6, 6.07) is 17.7. The van der Waals surface area contributed by atoms with E-state index in [1.807, 2.05) is 54.6 Å². The van der Waals surface area contributed by atoms with Gasteiger partial charge in [0, 0.05) is 29.0 Å². The molecule has 2 aromatic carbocycles. The Hall–Kier alpha value is -2.92. The second-order valence-electron chi connectivity index (χ2n) is 6.55. The number of nitrogens with zero attached hydrogens (tertiary/aromatic N) is 1. The molecule has 0 radical (unpaired) electrons. The summed E-state index contributed by atoms with van der Waals surface area (Å²) in [5.74, 6) is -0.145. The summed E-state index contributed by atoms with van der Waals surface area (Å²) in [4.78, 5) is 17.2. The molecule has 4 rings (SSSR count). The van der Waals surface area contributed by atoms with Crippen molar-refractivity contribution in [2.24, 2.45) is 0 Å². The Kier molecular flexibility index (Phi) is 4.80. The van der Waals surface area contributed by atoms with E-state index in [0.29, 0.717) is 11.6 Å². The third-order valence-corrected chi connectivity index (χ3v) is 4.74. The van der Waals surface area contributed by atoms with E-state index < -0.39 is 0 Å². The molecule has 1 aromatic heterocycles. The zero-order valence-corrected chi connectivity index (χ0v) is 14.5. The average Bonchev–Trinajstić information content (AvgIpc) is 2.70. The Balaban J connectivity index is 1.64. The molecule has 26 heavy (non-hydrogen) atoms. The Morgan fingerprint density at radius 2 is 1.81 bits per heavy atom. The lowest BCUT2D eigenvalue weighted by Crippen LogP contribution is -2.35. The normalized spacial score (nSPS) is 14.9. The fraction of sp³-hybridized carbons (Fsp3) is 0.238. The first kappa shape index (κ1) is 16.5. The van der Waals surface area contributed by atoms with Crippen LogP contribution in [-0.4, -0.2) is 30.0 Å². The van der Waals surface area contributed by atoms with Crippen molar-refractivity contribution in [2.45, 2.75) is 18.9 Å². The van der Waals surface area contributed by atoms with Crippen LogP contribution in [0.1, 0.15) is 23.2 Å². The highest BCUT2D eigenvalue weighted by atomic mass is 16.1. The van der Waals surface area contributed by atoms with Gasteiger partial charge in [0.25, 0.3) is 5.91 Å². The minimum Gasteiger partial charge on any atom is -0.382 e. The van der Waals surface area contributed by atoms with E-state index in [9.17, 15) is 4.79 Å². The zero-order valence-electron chi connectivity index (χ0n) is 14.5. The number of amides is 1. The molecule has 3 N–H and O–H groups in total. The highest BCUT2D eigenvalue weighted by Crippen LogP contribution is 2.27. The van der Waals surface area contributed by atoms with Crippen LogP contribution in [0.25, 0.3) is 10.9 Å². The quantitative estimate of drug-likeness (QED) is 0.675. The molecule has 5 heteroatoms. The maximum Gasteiger partial charge on any atom is 0.257 e. The number of benzene rings is 2. The number of hydrogen-bond donors (Lipinski definition) is 3. The van der Waals surface area contributed by atoms with E-state index in [2.05, 4.69) is 20.9 Å². The summed E-state index contributed by atoms with van der Waals surface area (Å²) in [5, 5.41) is 10.9. The van der Waals surface area contributed by atoms with Gasteiger partial charge < -0.3 is 16.0 Å². The minimum atomic E-state index is -0.145. The van der Waals surface area contributed by atoms with E-state index in [-0.39, 0.29) is 5.91 Å². The number of carbonyl (C=O) groups excluding carboxylic acids is 1. The molecule has 1 aliphatic rings. The molecule has 1 amide bonds. The molecule has 5 nitrogen and oxygen atoms in total. The van der Waals surface area contributed by atoms with Crippen molar-refractivity contribution in [2.75, 3.05) is 23.7 Å². The highest BCUT2D eigenvalue weighted by molar-refractivity contribution is 6.13. The summed E-state index contributed by atoms with van der Waals surface area (Å²) in [6.45, 7) is 2.07. The molecule has 0 unspecified atom stereocenters. The summed E-state index contributed by atoms with van der Waals surface area (Å²) in [6.07, 6.45) is 3.92. The van der Waals surface area contributed by atoms with Crippen LogP contribution >= 0.6 is 0 Å². The van der Waals surface area contributed by atoms with Crippen LogP contribution in [-0.2, 0) is 0 Å². The van der Waals surface area contributed by atoms with Gasteiger partial charge in [0.15, 0.2) is 0 Å². The average molecular weight is 346 g/mol. The standard InChI is InChI=1S/C21H22N4O/c26-21(25-15-5-2-1-3-6-15)18-8-9-19(17-7-4-12-23-20(17)18)24-16-10-13-22-14-11-16/h1-9,12,16,22,24H,10-11,13-14H2,(H,25,26). The first-order chi connectivity index (χ1) is 12.8. The van der Waals surface area contributed by atoms with Crippen molar-refractivity contribution in [3.05, 3.63) is 66.4 Å². The zero-order chi connectivity index (χ0) is 17.8. The molecule has 1 saturated heterocycles. The van der Waals surface area contributed by atoms with Crippen LogP contribution in [0, 0.1) is 0 Å². The van der Waals surface area contributed by atoms with Crippen LogP contribution in [0.15, 0.2) is 60.8 Å². The van der Waals surface area contributed by atoms with Crippen LogP contribution in [0.4, 0.5) is 11.4 Å². The van der Waals surface area contributed by atoms with Crippen LogP contribution < -0.4 is 16.0 Å². The Bertz CT molecular complexity index is 904. The summed E-state index contributed by atoms with van der Waals surface area (Å²) in [7, 11) is 0. The fourth-order valence-electron chi connectivity index (χ4n) is 3.39. The molecular weight excluding hydrogens is 324 g/mol. The monoisotopic (exact) mass is 346 g/mol. The van der Waals surface area contributed by atoms with Crippen LogP contribution in [0.2, 0.25) is 0 Å². The number of carbonyl (C=O) groups is 1. The van der Waals surface area contributed by atoms with E-state index >= 15 is 0 Å². The van der Waals surface area contributed by atoms with Gasteiger partial charge in [-0.25, -0.2) is 0 Å². The number of fused-ring (bicyclic) bond motifs is 1. The number of hydrogen-bond acceptors (Lipinski definition) is 4. The Morgan fingerprint density at radius 3 is 2.62 bits per heavy atom. The second kappa shape index (κ2) is 7.54. The molecule has 132 valence electrons. The molecule has 1 fully saturated rings. The number of piperidine rings is 1. The first-order valence-corrected chi connectivity index (χ1v) is 9.02. The number of nitrogens with one attached hydrogen (secondary N) is 3. The third kappa shape index (κ3) is 3.53. The van der Waals surface area contributed by atoms with E-state index in [4.69, 9.17) is 0 Å². The van der Waals surface area contributed by atoms with Crippen molar-refractivity contribution in [3.63, 3.8) is 0 Å². The largest absolute Gasteiger partial charge is 0.382 e. The van der Waals surface area contributed by atoms with Gasteiger partial charge in [0.2, 0.25) is 0 Å². The molecule has 3 aromatic rings. The maximum atomic E-state index is 12.7. The van der Waals surface area contributed by atoms with Gasteiger partial charge in [-0.2, -0.15) is 0 Å². The number of para-hydroxylation sites is 1. The van der Waals surface area contributed by atoms with Crippen molar-refractivity contribution in [1.29, 1.82) is 0 Å². The highest BCUT2D eigenvalue weighted by Gasteiger charge is 2.17. The summed E-state index contributed by atoms with van der Waals surface area (Å²) >= 11 is 0. The summed E-state index contributed by atoms with van der Waals surface area (Å²) < 4.78 is 0.